The van der Waals surface area contributed by atoms with Crippen molar-refractivity contribution in [1.82, 2.24) is 4.90 Å². The van der Waals surface area contributed by atoms with Gasteiger partial charge >= 0.3 is 6.03 Å². The number of hydrogen-bond acceptors (Lipinski definition) is 5. The van der Waals surface area contributed by atoms with E-state index in [4.69, 9.17) is 18.9 Å². The Morgan fingerprint density at radius 1 is 1.03 bits per heavy atom. The summed E-state index contributed by atoms with van der Waals surface area (Å²) >= 11 is 0. The highest BCUT2D eigenvalue weighted by Crippen LogP contribution is 2.37. The van der Waals surface area contributed by atoms with E-state index in [2.05, 4.69) is 17.4 Å². The first-order valence-corrected chi connectivity index (χ1v) is 11.4. The van der Waals surface area contributed by atoms with Crippen molar-refractivity contribution in [2.75, 3.05) is 38.2 Å². The monoisotopic (exact) mass is 438 g/mol. The lowest BCUT2D eigenvalue weighted by Gasteiger charge is -2.46. The average molecular weight is 439 g/mol. The highest BCUT2D eigenvalue weighted by molar-refractivity contribution is 5.89. The first kappa shape index (κ1) is 21.1. The Morgan fingerprint density at radius 3 is 2.62 bits per heavy atom. The van der Waals surface area contributed by atoms with Gasteiger partial charge in [0.05, 0.1) is 18.3 Å². The number of benzene rings is 2. The van der Waals surface area contributed by atoms with Gasteiger partial charge in [-0.1, -0.05) is 30.3 Å². The summed E-state index contributed by atoms with van der Waals surface area (Å²) in [6.45, 7) is 3.75. The molecule has 1 atom stereocenters. The lowest BCUT2D eigenvalue weighted by molar-refractivity contribution is -0.154. The fraction of sp³-hybridized carbons (Fsp3) is 0.480. The van der Waals surface area contributed by atoms with Gasteiger partial charge in [-0.15, -0.1) is 0 Å². The third-order valence-electron chi connectivity index (χ3n) is 6.53. The fourth-order valence-electron chi connectivity index (χ4n) is 4.70. The van der Waals surface area contributed by atoms with Gasteiger partial charge in [0.2, 0.25) is 0 Å². The van der Waals surface area contributed by atoms with E-state index < -0.39 is 0 Å². The predicted octanol–water partition coefficient (Wildman–Crippen LogP) is 4.22. The minimum absolute atomic E-state index is 0.0933. The average Bonchev–Trinajstić information content (AvgIpc) is 2.84. The molecule has 3 aliphatic rings. The van der Waals surface area contributed by atoms with Gasteiger partial charge in [-0.2, -0.15) is 0 Å². The van der Waals surface area contributed by atoms with Gasteiger partial charge < -0.3 is 29.2 Å². The molecule has 1 unspecified atom stereocenters. The number of likely N-dealkylation sites (tertiary alicyclic amines) is 1. The second-order valence-corrected chi connectivity index (χ2v) is 8.72. The lowest BCUT2D eigenvalue weighted by atomic mass is 9.83. The molecule has 170 valence electrons. The van der Waals surface area contributed by atoms with Gasteiger partial charge in [0.1, 0.15) is 13.2 Å². The predicted molar refractivity (Wildman–Crippen MR) is 120 cm³/mol. The minimum atomic E-state index is -0.187. The molecular weight excluding hydrogens is 408 g/mol. The summed E-state index contributed by atoms with van der Waals surface area (Å²) < 4.78 is 23.6. The second kappa shape index (κ2) is 9.38. The molecular formula is C25H30N2O5. The Labute approximate surface area is 188 Å². The third kappa shape index (κ3) is 4.84. The van der Waals surface area contributed by atoms with Gasteiger partial charge in [0.25, 0.3) is 0 Å². The van der Waals surface area contributed by atoms with Gasteiger partial charge in [-0.3, -0.25) is 0 Å². The molecule has 32 heavy (non-hydrogen) atoms. The van der Waals surface area contributed by atoms with Crippen LogP contribution in [0.3, 0.4) is 0 Å². The summed E-state index contributed by atoms with van der Waals surface area (Å²) in [6.07, 6.45) is 3.65. The maximum atomic E-state index is 12.8. The van der Waals surface area contributed by atoms with Gasteiger partial charge in [-0.25, -0.2) is 4.79 Å². The van der Waals surface area contributed by atoms with Crippen LogP contribution in [0.1, 0.15) is 31.2 Å². The molecule has 5 rings (SSSR count). The van der Waals surface area contributed by atoms with Crippen molar-refractivity contribution < 1.29 is 23.7 Å². The number of hydrogen-bond donors (Lipinski definition) is 1. The normalized spacial score (nSPS) is 21.9. The Bertz CT molecular complexity index is 927. The number of anilines is 1. The molecule has 7 nitrogen and oxygen atoms in total. The van der Waals surface area contributed by atoms with E-state index in [1.807, 2.05) is 41.3 Å². The van der Waals surface area contributed by atoms with Crippen LogP contribution < -0.4 is 14.8 Å². The molecule has 2 saturated heterocycles. The molecule has 0 aromatic heterocycles. The van der Waals surface area contributed by atoms with Crippen molar-refractivity contribution in [3.63, 3.8) is 0 Å². The first-order valence-electron chi connectivity index (χ1n) is 11.4. The maximum Gasteiger partial charge on any atom is 0.321 e. The van der Waals surface area contributed by atoms with Crippen molar-refractivity contribution in [3.8, 4) is 11.5 Å². The number of carbonyl (C=O) groups is 1. The van der Waals surface area contributed by atoms with Gasteiger partial charge in [-0.05, 0) is 37.0 Å². The Kier molecular flexibility index (Phi) is 6.19. The van der Waals surface area contributed by atoms with E-state index in [1.54, 1.807) is 0 Å². The van der Waals surface area contributed by atoms with Gasteiger partial charge in [0.15, 0.2) is 11.5 Å². The highest BCUT2D eigenvalue weighted by Gasteiger charge is 2.41. The molecule has 2 fully saturated rings. The number of urea groups is 1. The van der Waals surface area contributed by atoms with E-state index in [0.717, 1.165) is 25.7 Å². The number of rotatable bonds is 4. The van der Waals surface area contributed by atoms with Crippen LogP contribution in [0, 0.1) is 0 Å². The Balaban J connectivity index is 1.12. The van der Waals surface area contributed by atoms with Crippen LogP contribution in [0.15, 0.2) is 48.5 Å². The molecule has 2 amide bonds. The molecule has 0 saturated carbocycles. The van der Waals surface area contributed by atoms with Crippen molar-refractivity contribution >= 4 is 11.7 Å². The molecule has 7 heteroatoms. The summed E-state index contributed by atoms with van der Waals surface area (Å²) in [5, 5.41) is 2.99. The van der Waals surface area contributed by atoms with Crippen LogP contribution in [-0.2, 0) is 16.1 Å². The molecule has 0 radical (unpaired) electrons. The number of carbonyl (C=O) groups excluding carboxylic acids is 1. The molecule has 3 aliphatic heterocycles. The fourth-order valence-corrected chi connectivity index (χ4v) is 4.70. The summed E-state index contributed by atoms with van der Waals surface area (Å²) in [4.78, 5) is 14.7. The lowest BCUT2D eigenvalue weighted by Crippen LogP contribution is -2.52. The number of fused-ring (bicyclic) bond motifs is 1. The van der Waals surface area contributed by atoms with Crippen LogP contribution in [0.4, 0.5) is 10.5 Å². The van der Waals surface area contributed by atoms with E-state index in [1.165, 1.54) is 5.56 Å². The van der Waals surface area contributed by atoms with Crippen molar-refractivity contribution in [3.05, 3.63) is 54.1 Å². The quantitative estimate of drug-likeness (QED) is 0.774. The van der Waals surface area contributed by atoms with Gasteiger partial charge in [0, 0.05) is 37.9 Å². The van der Waals surface area contributed by atoms with Crippen LogP contribution in [-0.4, -0.2) is 55.5 Å². The molecule has 2 aromatic rings. The van der Waals surface area contributed by atoms with Crippen molar-refractivity contribution in [2.24, 2.45) is 0 Å². The molecule has 2 aromatic carbocycles. The highest BCUT2D eigenvalue weighted by atomic mass is 16.6. The largest absolute Gasteiger partial charge is 0.486 e. The van der Waals surface area contributed by atoms with E-state index in [-0.39, 0.29) is 17.7 Å². The third-order valence-corrected chi connectivity index (χ3v) is 6.53. The van der Waals surface area contributed by atoms with Crippen LogP contribution in [0.25, 0.3) is 0 Å². The smallest absolute Gasteiger partial charge is 0.321 e. The number of amides is 2. The molecule has 1 spiro atoms. The minimum Gasteiger partial charge on any atom is -0.486 e. The molecule has 0 aliphatic carbocycles. The number of nitrogens with one attached hydrogen (secondary N) is 1. The summed E-state index contributed by atoms with van der Waals surface area (Å²) in [7, 11) is 0. The van der Waals surface area contributed by atoms with Crippen molar-refractivity contribution in [1.29, 1.82) is 0 Å². The maximum absolute atomic E-state index is 12.8. The topological polar surface area (TPSA) is 69.3 Å². The summed E-state index contributed by atoms with van der Waals surface area (Å²) in [5.41, 5.74) is 1.72. The zero-order valence-electron chi connectivity index (χ0n) is 18.3. The second-order valence-electron chi connectivity index (χ2n) is 8.72. The van der Waals surface area contributed by atoms with E-state index in [9.17, 15) is 4.79 Å². The number of ether oxygens (including phenoxy) is 4. The van der Waals surface area contributed by atoms with Crippen LogP contribution in [0.2, 0.25) is 0 Å². The summed E-state index contributed by atoms with van der Waals surface area (Å²) in [5.74, 6) is 1.39. The molecule has 1 N–H and O–H groups in total. The van der Waals surface area contributed by atoms with E-state index in [0.29, 0.717) is 56.7 Å². The van der Waals surface area contributed by atoms with Crippen LogP contribution >= 0.6 is 0 Å². The molecule has 0 bridgehead atoms. The SMILES string of the molecule is O=C(Nc1ccc2c(c1)OCCO2)N1CCC2(CC1)CC(OCc1ccccc1)CCO2. The van der Waals surface area contributed by atoms with Crippen molar-refractivity contribution in [2.45, 2.75) is 44.0 Å². The van der Waals surface area contributed by atoms with E-state index >= 15 is 0 Å². The Hall–Kier alpha value is -2.77. The standard InChI is InChI=1S/C25H30N2O5/c28-24(26-20-6-7-22-23(16-20)30-15-14-29-22)27-11-9-25(10-12-27)17-21(8-13-32-25)31-18-19-4-2-1-3-5-19/h1-7,16,21H,8-15,17-18H2,(H,26,28). The molecule has 3 heterocycles. The zero-order chi connectivity index (χ0) is 21.8. The number of piperidine rings is 1. The Morgan fingerprint density at radius 2 is 1.81 bits per heavy atom. The first-order chi connectivity index (χ1) is 15.7. The number of nitrogens with zero attached hydrogens (tertiary/aromatic N) is 1. The summed E-state index contributed by atoms with van der Waals surface area (Å²) in [6, 6.07) is 15.7. The zero-order valence-corrected chi connectivity index (χ0v) is 18.3. The van der Waals surface area contributed by atoms with Crippen LogP contribution in [0.5, 0.6) is 11.5 Å².